The number of ether oxygens (including phenoxy) is 1. The van der Waals surface area contributed by atoms with Crippen molar-refractivity contribution in [2.45, 2.75) is 38.1 Å². The molecule has 1 saturated carbocycles. The Balaban J connectivity index is 1.68. The van der Waals surface area contributed by atoms with E-state index < -0.39 is 0 Å². The van der Waals surface area contributed by atoms with Gasteiger partial charge in [-0.05, 0) is 56.3 Å². The van der Waals surface area contributed by atoms with E-state index in [1.165, 1.54) is 20.0 Å². The van der Waals surface area contributed by atoms with E-state index >= 15 is 0 Å². The summed E-state index contributed by atoms with van der Waals surface area (Å²) in [6, 6.07) is 6.00. The van der Waals surface area contributed by atoms with Crippen molar-refractivity contribution in [1.82, 2.24) is 5.32 Å². The summed E-state index contributed by atoms with van der Waals surface area (Å²) in [6.45, 7) is 1.09. The van der Waals surface area contributed by atoms with E-state index in [1.807, 2.05) is 6.07 Å². The number of benzene rings is 1. The molecule has 0 bridgehead atoms. The van der Waals surface area contributed by atoms with Crippen LogP contribution in [0.2, 0.25) is 0 Å². The van der Waals surface area contributed by atoms with Crippen molar-refractivity contribution >= 4 is 0 Å². The number of hydrogen-bond donors (Lipinski definition) is 1. The van der Waals surface area contributed by atoms with E-state index in [1.54, 1.807) is 12.1 Å². The van der Waals surface area contributed by atoms with Crippen LogP contribution in [0.5, 0.6) is 5.75 Å². The Bertz CT molecular complexity index is 363. The lowest BCUT2D eigenvalue weighted by Gasteiger charge is -2.06. The Morgan fingerprint density at radius 1 is 1.35 bits per heavy atom. The molecule has 0 heterocycles. The number of methoxy groups -OCH3 is 1. The Hall–Kier alpha value is -1.09. The second-order valence-corrected chi connectivity index (χ2v) is 4.65. The van der Waals surface area contributed by atoms with Crippen molar-refractivity contribution in [3.63, 3.8) is 0 Å². The van der Waals surface area contributed by atoms with Crippen LogP contribution in [0.3, 0.4) is 0 Å². The minimum Gasteiger partial charge on any atom is -0.494 e. The fourth-order valence-electron chi connectivity index (χ4n) is 1.91. The van der Waals surface area contributed by atoms with E-state index in [2.05, 4.69) is 5.32 Å². The van der Waals surface area contributed by atoms with Crippen molar-refractivity contribution in [2.75, 3.05) is 13.7 Å². The van der Waals surface area contributed by atoms with Gasteiger partial charge in [0, 0.05) is 6.04 Å². The molecule has 2 rings (SSSR count). The lowest BCUT2D eigenvalue weighted by atomic mass is 10.1. The zero-order valence-electron chi connectivity index (χ0n) is 10.3. The molecule has 1 aromatic carbocycles. The molecule has 0 saturated heterocycles. The molecular weight excluding hydrogens is 217 g/mol. The number of nitrogens with one attached hydrogen (secondary N) is 1. The SMILES string of the molecule is COc1ccc(CCCCNC2CC2)cc1F. The lowest BCUT2D eigenvalue weighted by molar-refractivity contribution is 0.386. The van der Waals surface area contributed by atoms with Gasteiger partial charge in [-0.1, -0.05) is 6.07 Å². The molecule has 1 aliphatic rings. The molecule has 17 heavy (non-hydrogen) atoms. The largest absolute Gasteiger partial charge is 0.494 e. The molecule has 0 unspecified atom stereocenters. The van der Waals surface area contributed by atoms with Crippen molar-refractivity contribution in [2.24, 2.45) is 0 Å². The van der Waals surface area contributed by atoms with Gasteiger partial charge in [0.15, 0.2) is 11.6 Å². The quantitative estimate of drug-likeness (QED) is 0.736. The third-order valence-corrected chi connectivity index (χ3v) is 3.12. The van der Waals surface area contributed by atoms with Crippen LogP contribution < -0.4 is 10.1 Å². The number of unbranched alkanes of at least 4 members (excludes halogenated alkanes) is 1. The van der Waals surface area contributed by atoms with Crippen LogP contribution >= 0.6 is 0 Å². The molecule has 1 aliphatic carbocycles. The second kappa shape index (κ2) is 6.01. The predicted molar refractivity (Wildman–Crippen MR) is 66.9 cm³/mol. The average Bonchev–Trinajstić information content (AvgIpc) is 3.13. The number of halogens is 1. The van der Waals surface area contributed by atoms with Gasteiger partial charge in [0.25, 0.3) is 0 Å². The monoisotopic (exact) mass is 237 g/mol. The fourth-order valence-corrected chi connectivity index (χ4v) is 1.91. The van der Waals surface area contributed by atoms with E-state index in [9.17, 15) is 4.39 Å². The number of hydrogen-bond acceptors (Lipinski definition) is 2. The highest BCUT2D eigenvalue weighted by atomic mass is 19.1. The summed E-state index contributed by atoms with van der Waals surface area (Å²) in [5, 5.41) is 3.48. The van der Waals surface area contributed by atoms with Crippen LogP contribution in [0.4, 0.5) is 4.39 Å². The first-order chi connectivity index (χ1) is 8.29. The van der Waals surface area contributed by atoms with Gasteiger partial charge < -0.3 is 10.1 Å². The molecule has 1 fully saturated rings. The van der Waals surface area contributed by atoms with Gasteiger partial charge in [-0.25, -0.2) is 4.39 Å². The minimum absolute atomic E-state index is 0.263. The Kier molecular flexibility index (Phi) is 4.37. The first kappa shape index (κ1) is 12.4. The van der Waals surface area contributed by atoms with Crippen LogP contribution in [-0.4, -0.2) is 19.7 Å². The van der Waals surface area contributed by atoms with Crippen LogP contribution in [0.15, 0.2) is 18.2 Å². The van der Waals surface area contributed by atoms with Gasteiger partial charge in [0.2, 0.25) is 0 Å². The van der Waals surface area contributed by atoms with Gasteiger partial charge in [-0.3, -0.25) is 0 Å². The smallest absolute Gasteiger partial charge is 0.165 e. The van der Waals surface area contributed by atoms with Crippen LogP contribution in [0.1, 0.15) is 31.2 Å². The minimum atomic E-state index is -0.263. The Morgan fingerprint density at radius 3 is 2.82 bits per heavy atom. The summed E-state index contributed by atoms with van der Waals surface area (Å²) < 4.78 is 18.3. The normalized spacial score (nSPS) is 14.9. The van der Waals surface area contributed by atoms with Gasteiger partial charge >= 0.3 is 0 Å². The average molecular weight is 237 g/mol. The molecule has 0 aliphatic heterocycles. The van der Waals surface area contributed by atoms with E-state index in [-0.39, 0.29) is 5.82 Å². The molecule has 0 aromatic heterocycles. The molecule has 1 aromatic rings. The second-order valence-electron chi connectivity index (χ2n) is 4.65. The van der Waals surface area contributed by atoms with Crippen molar-refractivity contribution in [1.29, 1.82) is 0 Å². The highest BCUT2D eigenvalue weighted by molar-refractivity contribution is 5.29. The molecular formula is C14H20FNO. The van der Waals surface area contributed by atoms with Crippen LogP contribution in [0, 0.1) is 5.82 Å². The molecule has 3 heteroatoms. The zero-order valence-corrected chi connectivity index (χ0v) is 10.3. The van der Waals surface area contributed by atoms with Crippen molar-refractivity contribution in [3.8, 4) is 5.75 Å². The van der Waals surface area contributed by atoms with E-state index in [0.717, 1.165) is 37.4 Å². The maximum absolute atomic E-state index is 13.4. The van der Waals surface area contributed by atoms with Crippen LogP contribution in [0.25, 0.3) is 0 Å². The third kappa shape index (κ3) is 4.00. The molecule has 0 radical (unpaired) electrons. The highest BCUT2D eigenvalue weighted by Gasteiger charge is 2.19. The first-order valence-electron chi connectivity index (χ1n) is 6.35. The molecule has 0 amide bonds. The maximum atomic E-state index is 13.4. The van der Waals surface area contributed by atoms with Crippen LogP contribution in [-0.2, 0) is 6.42 Å². The van der Waals surface area contributed by atoms with Crippen molar-refractivity contribution in [3.05, 3.63) is 29.6 Å². The molecule has 0 spiro atoms. The van der Waals surface area contributed by atoms with Crippen molar-refractivity contribution < 1.29 is 9.13 Å². The van der Waals surface area contributed by atoms with Gasteiger partial charge in [0.05, 0.1) is 7.11 Å². The summed E-state index contributed by atoms with van der Waals surface area (Å²) in [5.41, 5.74) is 1.05. The number of rotatable bonds is 7. The third-order valence-electron chi connectivity index (χ3n) is 3.12. The van der Waals surface area contributed by atoms with Gasteiger partial charge in [0.1, 0.15) is 0 Å². The predicted octanol–water partition coefficient (Wildman–Crippen LogP) is 2.91. The topological polar surface area (TPSA) is 21.3 Å². The lowest BCUT2D eigenvalue weighted by Crippen LogP contribution is -2.17. The first-order valence-corrected chi connectivity index (χ1v) is 6.35. The Labute approximate surface area is 102 Å². The van der Waals surface area contributed by atoms with Gasteiger partial charge in [-0.2, -0.15) is 0 Å². The molecule has 1 N–H and O–H groups in total. The molecule has 0 atom stereocenters. The zero-order chi connectivity index (χ0) is 12.1. The highest BCUT2D eigenvalue weighted by Crippen LogP contribution is 2.20. The summed E-state index contributed by atoms with van der Waals surface area (Å²) in [6.07, 6.45) is 5.87. The Morgan fingerprint density at radius 2 is 2.18 bits per heavy atom. The summed E-state index contributed by atoms with van der Waals surface area (Å²) in [7, 11) is 1.49. The molecule has 94 valence electrons. The maximum Gasteiger partial charge on any atom is 0.165 e. The summed E-state index contributed by atoms with van der Waals surface area (Å²) >= 11 is 0. The standard InChI is InChI=1S/C14H20FNO/c1-17-14-8-5-11(10-13(14)15)4-2-3-9-16-12-6-7-12/h5,8,10,12,16H,2-4,6-7,9H2,1H3. The number of aryl methyl sites for hydroxylation is 1. The fraction of sp³-hybridized carbons (Fsp3) is 0.571. The van der Waals surface area contributed by atoms with Gasteiger partial charge in [-0.15, -0.1) is 0 Å². The summed E-state index contributed by atoms with van der Waals surface area (Å²) in [4.78, 5) is 0. The van der Waals surface area contributed by atoms with E-state index in [4.69, 9.17) is 4.74 Å². The summed E-state index contributed by atoms with van der Waals surface area (Å²) in [5.74, 6) is 0.0604. The van der Waals surface area contributed by atoms with E-state index in [0.29, 0.717) is 5.75 Å². The molecule has 2 nitrogen and oxygen atoms in total.